The van der Waals surface area contributed by atoms with Gasteiger partial charge in [0.2, 0.25) is 5.91 Å². The predicted molar refractivity (Wildman–Crippen MR) is 95.0 cm³/mol. The number of carbonyl (C=O) groups is 2. The van der Waals surface area contributed by atoms with Crippen molar-refractivity contribution >= 4 is 11.8 Å². The summed E-state index contributed by atoms with van der Waals surface area (Å²) in [7, 11) is 1.44. The van der Waals surface area contributed by atoms with Crippen LogP contribution in [0.4, 0.5) is 8.78 Å². The smallest absolute Gasteiger partial charge is 0.251 e. The molecule has 0 saturated heterocycles. The zero-order valence-corrected chi connectivity index (χ0v) is 14.9. The quantitative estimate of drug-likeness (QED) is 0.834. The van der Waals surface area contributed by atoms with Gasteiger partial charge in [0.15, 0.2) is 0 Å². The van der Waals surface area contributed by atoms with Gasteiger partial charge in [-0.15, -0.1) is 0 Å². The molecule has 1 aromatic carbocycles. The Morgan fingerprint density at radius 3 is 2.81 bits per heavy atom. The molecule has 0 fully saturated rings. The van der Waals surface area contributed by atoms with Gasteiger partial charge in [0.05, 0.1) is 37.1 Å². The molecule has 3 rings (SSSR count). The molecule has 2 amide bonds. The largest absolute Gasteiger partial charge is 0.500 e. The van der Waals surface area contributed by atoms with E-state index in [0.717, 1.165) is 18.1 Å². The standard InChI is InChI=1S/C20H19F2N2O3/c1-11(13-8-7-12(21)9-16(13)22)23-18(25)10-15-19(27-2)14-5-3-4-6-17(14)24-20(15)26/h3-9,11,17H,10H2,1-2H3,(H,23,25)(H,24,26)/t11-,17?/m0/s1. The summed E-state index contributed by atoms with van der Waals surface area (Å²) in [6.45, 7) is 1.58. The molecule has 1 unspecified atom stereocenters. The number of benzene rings is 1. The number of methoxy groups -OCH3 is 1. The van der Waals surface area contributed by atoms with Crippen LogP contribution in [0, 0.1) is 17.6 Å². The highest BCUT2D eigenvalue weighted by atomic mass is 19.1. The van der Waals surface area contributed by atoms with Crippen LogP contribution in [-0.2, 0) is 14.3 Å². The summed E-state index contributed by atoms with van der Waals surface area (Å²) >= 11 is 0. The molecular weight excluding hydrogens is 354 g/mol. The molecule has 5 nitrogen and oxygen atoms in total. The van der Waals surface area contributed by atoms with Crippen molar-refractivity contribution in [3.63, 3.8) is 0 Å². The summed E-state index contributed by atoms with van der Waals surface area (Å²) in [6, 6.07) is 2.19. The molecule has 0 bridgehead atoms. The number of ether oxygens (including phenoxy) is 1. The maximum absolute atomic E-state index is 13.9. The number of hydrogen-bond donors (Lipinski definition) is 2. The predicted octanol–water partition coefficient (Wildman–Crippen LogP) is 2.63. The minimum Gasteiger partial charge on any atom is -0.500 e. The number of fused-ring (bicyclic) bond motifs is 1. The molecule has 27 heavy (non-hydrogen) atoms. The van der Waals surface area contributed by atoms with Gasteiger partial charge in [-0.1, -0.05) is 30.4 Å². The van der Waals surface area contributed by atoms with E-state index >= 15 is 0 Å². The van der Waals surface area contributed by atoms with Gasteiger partial charge >= 0.3 is 0 Å². The van der Waals surface area contributed by atoms with Gasteiger partial charge < -0.3 is 15.4 Å². The van der Waals surface area contributed by atoms with E-state index in [-0.39, 0.29) is 23.6 Å². The Balaban J connectivity index is 1.76. The molecule has 1 aromatic rings. The molecule has 7 heteroatoms. The van der Waals surface area contributed by atoms with Crippen LogP contribution in [0.2, 0.25) is 0 Å². The van der Waals surface area contributed by atoms with Crippen LogP contribution in [0.25, 0.3) is 0 Å². The van der Waals surface area contributed by atoms with E-state index < -0.39 is 29.5 Å². The third-order valence-corrected chi connectivity index (χ3v) is 4.47. The van der Waals surface area contributed by atoms with Crippen molar-refractivity contribution in [1.29, 1.82) is 0 Å². The first-order valence-electron chi connectivity index (χ1n) is 8.45. The van der Waals surface area contributed by atoms with Crippen molar-refractivity contribution in [3.05, 3.63) is 77.0 Å². The van der Waals surface area contributed by atoms with Gasteiger partial charge in [0, 0.05) is 11.6 Å². The third kappa shape index (κ3) is 3.92. The Bertz CT molecular complexity index is 861. The van der Waals surface area contributed by atoms with Gasteiger partial charge in [-0.25, -0.2) is 8.78 Å². The molecule has 0 saturated carbocycles. The molecule has 1 heterocycles. The Morgan fingerprint density at radius 1 is 1.33 bits per heavy atom. The number of carbonyl (C=O) groups excluding carboxylic acids is 2. The zero-order valence-electron chi connectivity index (χ0n) is 14.9. The van der Waals surface area contributed by atoms with Crippen molar-refractivity contribution in [2.24, 2.45) is 0 Å². The molecule has 141 valence electrons. The summed E-state index contributed by atoms with van der Waals surface area (Å²) in [5.74, 6) is -1.17. The maximum Gasteiger partial charge on any atom is 0.251 e. The van der Waals surface area contributed by atoms with Crippen molar-refractivity contribution in [2.45, 2.75) is 25.4 Å². The van der Waals surface area contributed by atoms with Crippen molar-refractivity contribution in [2.75, 3.05) is 7.11 Å². The van der Waals surface area contributed by atoms with E-state index in [2.05, 4.69) is 10.6 Å². The van der Waals surface area contributed by atoms with Crippen LogP contribution in [0.1, 0.15) is 24.9 Å². The van der Waals surface area contributed by atoms with Crippen LogP contribution < -0.4 is 10.6 Å². The van der Waals surface area contributed by atoms with E-state index in [9.17, 15) is 18.4 Å². The van der Waals surface area contributed by atoms with E-state index in [0.29, 0.717) is 5.76 Å². The molecule has 0 spiro atoms. The zero-order chi connectivity index (χ0) is 19.6. The number of amides is 2. The fourth-order valence-corrected chi connectivity index (χ4v) is 3.18. The van der Waals surface area contributed by atoms with Crippen LogP contribution in [-0.4, -0.2) is 25.0 Å². The lowest BCUT2D eigenvalue weighted by atomic mass is 9.86. The molecular formula is C20H19F2N2O3. The lowest BCUT2D eigenvalue weighted by Crippen LogP contribution is -2.45. The van der Waals surface area contributed by atoms with Gasteiger partial charge in [-0.3, -0.25) is 9.59 Å². The summed E-state index contributed by atoms with van der Waals surface area (Å²) in [5, 5.41) is 5.43. The fraction of sp³-hybridized carbons (Fsp3) is 0.250. The average Bonchev–Trinajstić information content (AvgIpc) is 2.62. The normalized spacial score (nSPS) is 20.1. The average molecular weight is 373 g/mol. The number of hydrogen-bond acceptors (Lipinski definition) is 3. The highest BCUT2D eigenvalue weighted by molar-refractivity contribution is 6.01. The first-order valence-corrected chi connectivity index (χ1v) is 8.45. The number of halogens is 2. The van der Waals surface area contributed by atoms with Crippen molar-refractivity contribution < 1.29 is 23.1 Å². The van der Waals surface area contributed by atoms with Crippen molar-refractivity contribution in [1.82, 2.24) is 10.6 Å². The van der Waals surface area contributed by atoms with Crippen LogP contribution in [0.15, 0.2) is 53.8 Å². The summed E-state index contributed by atoms with van der Waals surface area (Å²) < 4.78 is 32.3. The summed E-state index contributed by atoms with van der Waals surface area (Å²) in [5.41, 5.74) is 0.363. The number of nitrogens with one attached hydrogen (secondary N) is 2. The highest BCUT2D eigenvalue weighted by Crippen LogP contribution is 2.32. The molecule has 2 N–H and O–H groups in total. The monoisotopic (exact) mass is 373 g/mol. The van der Waals surface area contributed by atoms with E-state index in [1.54, 1.807) is 6.92 Å². The highest BCUT2D eigenvalue weighted by Gasteiger charge is 2.36. The minimum atomic E-state index is -0.743. The van der Waals surface area contributed by atoms with Gasteiger partial charge in [0.1, 0.15) is 17.4 Å². The SMILES string of the molecule is COC1=C(CC(=O)N[C@@H](C)c2ccc(F)cc2F)C(=O)NC2C=CC=C[C]12. The van der Waals surface area contributed by atoms with E-state index in [1.807, 2.05) is 24.3 Å². The van der Waals surface area contributed by atoms with Crippen molar-refractivity contribution in [3.8, 4) is 0 Å². The second-order valence-corrected chi connectivity index (χ2v) is 6.29. The van der Waals surface area contributed by atoms with Crippen LogP contribution in [0.3, 0.4) is 0 Å². The number of allylic oxidation sites excluding steroid dienone is 2. The van der Waals surface area contributed by atoms with Gasteiger partial charge in [-0.05, 0) is 13.0 Å². The molecule has 1 aliphatic heterocycles. The summed E-state index contributed by atoms with van der Waals surface area (Å²) in [6.07, 6.45) is 7.05. The van der Waals surface area contributed by atoms with Gasteiger partial charge in [-0.2, -0.15) is 0 Å². The second kappa shape index (κ2) is 7.73. The molecule has 2 aliphatic rings. The Hall–Kier alpha value is -2.96. The Labute approximate surface area is 155 Å². The molecule has 1 radical (unpaired) electrons. The fourth-order valence-electron chi connectivity index (χ4n) is 3.18. The lowest BCUT2D eigenvalue weighted by Gasteiger charge is -2.32. The first kappa shape index (κ1) is 18.8. The summed E-state index contributed by atoms with van der Waals surface area (Å²) in [4.78, 5) is 24.8. The van der Waals surface area contributed by atoms with Crippen LogP contribution >= 0.6 is 0 Å². The topological polar surface area (TPSA) is 67.4 Å². The van der Waals surface area contributed by atoms with E-state index in [1.165, 1.54) is 13.2 Å². The maximum atomic E-state index is 13.9. The minimum absolute atomic E-state index is 0.161. The van der Waals surface area contributed by atoms with Crippen LogP contribution in [0.5, 0.6) is 0 Å². The molecule has 1 aliphatic carbocycles. The Morgan fingerprint density at radius 2 is 2.11 bits per heavy atom. The number of rotatable bonds is 5. The molecule has 2 atom stereocenters. The van der Waals surface area contributed by atoms with Gasteiger partial charge in [0.25, 0.3) is 5.91 Å². The Kier molecular flexibility index (Phi) is 5.39. The molecule has 0 aromatic heterocycles. The lowest BCUT2D eigenvalue weighted by molar-refractivity contribution is -0.124. The van der Waals surface area contributed by atoms with E-state index in [4.69, 9.17) is 4.74 Å². The second-order valence-electron chi connectivity index (χ2n) is 6.29. The first-order chi connectivity index (χ1) is 12.9. The third-order valence-electron chi connectivity index (χ3n) is 4.47.